The smallest absolute Gasteiger partial charge is 0.338 e. The Labute approximate surface area is 235 Å². The average Bonchev–Trinajstić information content (AvgIpc) is 3.16. The number of hydrogen-bond donors (Lipinski definition) is 2. The van der Waals surface area contributed by atoms with Crippen molar-refractivity contribution < 1.29 is 33.4 Å². The zero-order valence-electron chi connectivity index (χ0n) is 22.1. The van der Waals surface area contributed by atoms with Crippen LogP contribution >= 0.6 is 11.6 Å². The van der Waals surface area contributed by atoms with Crippen LogP contribution in [0, 0.1) is 0 Å². The van der Waals surface area contributed by atoms with Crippen LogP contribution in [-0.2, 0) is 14.3 Å². The molecule has 40 heavy (non-hydrogen) atoms. The van der Waals surface area contributed by atoms with Crippen LogP contribution in [-0.4, -0.2) is 44.0 Å². The van der Waals surface area contributed by atoms with Crippen LogP contribution in [0.1, 0.15) is 34.6 Å². The number of halogens is 1. The molecule has 11 heteroatoms. The van der Waals surface area contributed by atoms with E-state index in [1.165, 1.54) is 38.5 Å². The van der Waals surface area contributed by atoms with Gasteiger partial charge in [-0.05, 0) is 74.5 Å². The number of ether oxygens (including phenoxy) is 3. The Morgan fingerprint density at radius 1 is 0.850 bits per heavy atom. The van der Waals surface area contributed by atoms with E-state index in [-0.39, 0.29) is 34.0 Å². The number of hydrogen-bond acceptors (Lipinski definition) is 8. The molecule has 0 aliphatic carbocycles. The van der Waals surface area contributed by atoms with E-state index in [0.29, 0.717) is 28.4 Å². The number of benzene rings is 3. The topological polar surface area (TPSA) is 123 Å². The summed E-state index contributed by atoms with van der Waals surface area (Å²) >= 11 is 6.23. The molecule has 2 N–H and O–H groups in total. The third-order valence-corrected chi connectivity index (χ3v) is 6.16. The minimum atomic E-state index is -0.712. The largest absolute Gasteiger partial charge is 0.497 e. The SMILES string of the molecule is COc1ccc(NC(=O)c2ccc(NC3=C(Cl)C(=O)N(c4ccc(C(=O)OC(C)C)cc4)C3=O)cc2)c(OC)c1. The first-order chi connectivity index (χ1) is 19.1. The van der Waals surface area contributed by atoms with Gasteiger partial charge >= 0.3 is 5.97 Å². The highest BCUT2D eigenvalue weighted by Gasteiger charge is 2.39. The molecule has 0 spiro atoms. The second kappa shape index (κ2) is 11.9. The number of anilines is 3. The van der Waals surface area contributed by atoms with E-state index >= 15 is 0 Å². The molecule has 0 unspecified atom stereocenters. The first-order valence-corrected chi connectivity index (χ1v) is 12.5. The van der Waals surface area contributed by atoms with Gasteiger partial charge in [0.15, 0.2) is 0 Å². The number of nitrogens with zero attached hydrogens (tertiary/aromatic N) is 1. The minimum absolute atomic E-state index is 0.116. The Morgan fingerprint density at radius 2 is 1.50 bits per heavy atom. The number of carbonyl (C=O) groups excluding carboxylic acids is 4. The fourth-order valence-corrected chi connectivity index (χ4v) is 4.03. The maximum atomic E-state index is 13.1. The third kappa shape index (κ3) is 5.92. The Hall–Kier alpha value is -4.83. The Morgan fingerprint density at radius 3 is 2.10 bits per heavy atom. The molecule has 206 valence electrons. The summed E-state index contributed by atoms with van der Waals surface area (Å²) in [4.78, 5) is 51.7. The van der Waals surface area contributed by atoms with Crippen molar-refractivity contribution >= 4 is 52.4 Å². The molecule has 0 saturated carbocycles. The Kier molecular flexibility index (Phi) is 8.40. The lowest BCUT2D eigenvalue weighted by Crippen LogP contribution is -2.32. The lowest BCUT2D eigenvalue weighted by atomic mass is 10.1. The summed E-state index contributed by atoms with van der Waals surface area (Å²) in [5, 5.41) is 5.36. The highest BCUT2D eigenvalue weighted by Crippen LogP contribution is 2.31. The second-order valence-electron chi connectivity index (χ2n) is 8.86. The summed E-state index contributed by atoms with van der Waals surface area (Å²) in [7, 11) is 3.02. The van der Waals surface area contributed by atoms with Gasteiger partial charge in [0.1, 0.15) is 22.2 Å². The maximum Gasteiger partial charge on any atom is 0.338 e. The van der Waals surface area contributed by atoms with E-state index in [1.807, 2.05) is 0 Å². The molecule has 10 nitrogen and oxygen atoms in total. The summed E-state index contributed by atoms with van der Waals surface area (Å²) in [6.45, 7) is 3.47. The molecule has 1 aliphatic rings. The number of nitrogens with one attached hydrogen (secondary N) is 2. The number of esters is 1. The van der Waals surface area contributed by atoms with Crippen LogP contribution in [0.3, 0.4) is 0 Å². The number of carbonyl (C=O) groups is 4. The van der Waals surface area contributed by atoms with Crippen molar-refractivity contribution in [3.8, 4) is 11.5 Å². The normalized spacial score (nSPS) is 13.0. The zero-order chi connectivity index (χ0) is 29.0. The minimum Gasteiger partial charge on any atom is -0.497 e. The maximum absolute atomic E-state index is 13.1. The first-order valence-electron chi connectivity index (χ1n) is 12.1. The van der Waals surface area contributed by atoms with Crippen LogP contribution in [0.25, 0.3) is 0 Å². The highest BCUT2D eigenvalue weighted by atomic mass is 35.5. The van der Waals surface area contributed by atoms with Crippen molar-refractivity contribution in [2.45, 2.75) is 20.0 Å². The fourth-order valence-electron chi connectivity index (χ4n) is 3.82. The van der Waals surface area contributed by atoms with Gasteiger partial charge in [0.05, 0.1) is 37.3 Å². The molecule has 3 aromatic rings. The molecule has 0 saturated heterocycles. The monoisotopic (exact) mass is 563 g/mol. The van der Waals surface area contributed by atoms with E-state index in [1.54, 1.807) is 56.3 Å². The van der Waals surface area contributed by atoms with E-state index in [9.17, 15) is 19.2 Å². The molecule has 3 aromatic carbocycles. The lowest BCUT2D eigenvalue weighted by molar-refractivity contribution is -0.120. The fraction of sp³-hybridized carbons (Fsp3) is 0.172. The predicted octanol–water partition coefficient (Wildman–Crippen LogP) is 4.96. The van der Waals surface area contributed by atoms with Crippen LogP contribution in [0.2, 0.25) is 0 Å². The molecule has 0 aromatic heterocycles. The van der Waals surface area contributed by atoms with Crippen molar-refractivity contribution in [1.29, 1.82) is 0 Å². The average molecular weight is 564 g/mol. The van der Waals surface area contributed by atoms with Gasteiger partial charge in [-0.1, -0.05) is 11.6 Å². The Bertz CT molecular complexity index is 1500. The molecule has 1 aliphatic heterocycles. The van der Waals surface area contributed by atoms with Gasteiger partial charge in [-0.25, -0.2) is 9.69 Å². The number of imide groups is 1. The van der Waals surface area contributed by atoms with Gasteiger partial charge in [-0.15, -0.1) is 0 Å². The van der Waals surface area contributed by atoms with Crippen LogP contribution in [0.4, 0.5) is 17.1 Å². The van der Waals surface area contributed by atoms with Gasteiger partial charge in [-0.3, -0.25) is 14.4 Å². The van der Waals surface area contributed by atoms with Gasteiger partial charge < -0.3 is 24.8 Å². The van der Waals surface area contributed by atoms with Crippen molar-refractivity contribution in [3.05, 3.63) is 88.6 Å². The molecule has 1 heterocycles. The van der Waals surface area contributed by atoms with Gasteiger partial charge in [0.2, 0.25) is 0 Å². The van der Waals surface area contributed by atoms with Crippen molar-refractivity contribution in [2.75, 3.05) is 29.8 Å². The summed E-state index contributed by atoms with van der Waals surface area (Å²) < 4.78 is 15.6. The number of amides is 3. The summed E-state index contributed by atoms with van der Waals surface area (Å²) in [5.74, 6) is -1.26. The van der Waals surface area contributed by atoms with E-state index in [0.717, 1.165) is 4.90 Å². The van der Waals surface area contributed by atoms with E-state index in [2.05, 4.69) is 10.6 Å². The van der Waals surface area contributed by atoms with Crippen molar-refractivity contribution in [2.24, 2.45) is 0 Å². The first kappa shape index (κ1) is 28.2. The highest BCUT2D eigenvalue weighted by molar-refractivity contribution is 6.53. The molecule has 0 bridgehead atoms. The van der Waals surface area contributed by atoms with E-state index in [4.69, 9.17) is 25.8 Å². The molecular formula is C29H26ClN3O7. The summed E-state index contributed by atoms with van der Waals surface area (Å²) in [6, 6.07) is 17.1. The second-order valence-corrected chi connectivity index (χ2v) is 9.24. The number of rotatable bonds is 9. The predicted molar refractivity (Wildman–Crippen MR) is 150 cm³/mol. The standard InChI is InChI=1S/C29H26ClN3O7/c1-16(2)40-29(37)18-7-11-20(12-8-18)33-27(35)24(30)25(28(33)36)31-19-9-5-17(6-10-19)26(34)32-22-14-13-21(38-3)15-23(22)39-4/h5-16,31H,1-4H3,(H,32,34). The van der Waals surface area contributed by atoms with Crippen LogP contribution in [0.15, 0.2) is 77.5 Å². The van der Waals surface area contributed by atoms with Gasteiger partial charge in [0.25, 0.3) is 17.7 Å². The zero-order valence-corrected chi connectivity index (χ0v) is 22.9. The van der Waals surface area contributed by atoms with Crippen molar-refractivity contribution in [1.82, 2.24) is 0 Å². The third-order valence-electron chi connectivity index (χ3n) is 5.80. The summed E-state index contributed by atoms with van der Waals surface area (Å²) in [6.07, 6.45) is -0.286. The lowest BCUT2D eigenvalue weighted by Gasteiger charge is -2.16. The molecule has 0 fully saturated rings. The molecule has 0 radical (unpaired) electrons. The Balaban J connectivity index is 1.45. The van der Waals surface area contributed by atoms with Crippen LogP contribution < -0.4 is 25.0 Å². The van der Waals surface area contributed by atoms with Gasteiger partial charge in [-0.2, -0.15) is 0 Å². The van der Waals surface area contributed by atoms with E-state index < -0.39 is 17.8 Å². The molecule has 3 amide bonds. The quantitative estimate of drug-likeness (QED) is 0.277. The van der Waals surface area contributed by atoms with Crippen molar-refractivity contribution in [3.63, 3.8) is 0 Å². The molecule has 4 rings (SSSR count). The molecular weight excluding hydrogens is 538 g/mol. The molecule has 0 atom stereocenters. The number of methoxy groups -OCH3 is 2. The summed E-state index contributed by atoms with van der Waals surface area (Å²) in [5.41, 5.74) is 1.65. The van der Waals surface area contributed by atoms with Crippen LogP contribution in [0.5, 0.6) is 11.5 Å². The van der Waals surface area contributed by atoms with Gasteiger partial charge in [0, 0.05) is 17.3 Å².